The Morgan fingerprint density at radius 2 is 2.31 bits per heavy atom. The normalized spacial score (nSPS) is 13.6. The zero-order valence-corrected chi connectivity index (χ0v) is 9.39. The first-order valence-corrected chi connectivity index (χ1v) is 5.66. The van der Waals surface area contributed by atoms with Crippen LogP contribution in [-0.2, 0) is 12.8 Å². The van der Waals surface area contributed by atoms with Gasteiger partial charge in [0.15, 0.2) is 0 Å². The van der Waals surface area contributed by atoms with E-state index in [1.54, 1.807) is 6.33 Å². The van der Waals surface area contributed by atoms with Gasteiger partial charge < -0.3 is 10.0 Å². The lowest BCUT2D eigenvalue weighted by molar-refractivity contribution is 0.302. The highest BCUT2D eigenvalue weighted by atomic mass is 16.3. The number of aromatic nitrogens is 2. The van der Waals surface area contributed by atoms with Gasteiger partial charge in [-0.05, 0) is 19.3 Å². The van der Waals surface area contributed by atoms with Crippen molar-refractivity contribution in [2.45, 2.75) is 19.3 Å². The van der Waals surface area contributed by atoms with Crippen LogP contribution in [0.1, 0.15) is 17.7 Å². The van der Waals surface area contributed by atoms with Crippen molar-refractivity contribution in [3.05, 3.63) is 30.2 Å². The van der Waals surface area contributed by atoms with Gasteiger partial charge in [0.25, 0.3) is 0 Å². The Balaban J connectivity index is 2.30. The van der Waals surface area contributed by atoms with E-state index < -0.39 is 0 Å². The Hall–Kier alpha value is -1.42. The lowest BCUT2D eigenvalue weighted by Crippen LogP contribution is -2.28. The van der Waals surface area contributed by atoms with Gasteiger partial charge in [-0.3, -0.25) is 0 Å². The van der Waals surface area contributed by atoms with E-state index in [1.165, 1.54) is 5.56 Å². The zero-order chi connectivity index (χ0) is 11.4. The number of aliphatic hydroxyl groups is 1. The van der Waals surface area contributed by atoms with Crippen molar-refractivity contribution < 1.29 is 5.11 Å². The fourth-order valence-electron chi connectivity index (χ4n) is 2.17. The molecule has 0 unspecified atom stereocenters. The highest BCUT2D eigenvalue weighted by Gasteiger charge is 2.20. The third kappa shape index (κ3) is 2.07. The maximum Gasteiger partial charge on any atom is 0.135 e. The zero-order valence-electron chi connectivity index (χ0n) is 9.39. The molecule has 0 saturated carbocycles. The highest BCUT2D eigenvalue weighted by Crippen LogP contribution is 2.27. The molecule has 2 rings (SSSR count). The Labute approximate surface area is 95.6 Å². The van der Waals surface area contributed by atoms with E-state index in [4.69, 9.17) is 5.11 Å². The molecule has 0 bridgehead atoms. The number of hydrogen-bond acceptors (Lipinski definition) is 4. The second-order valence-corrected chi connectivity index (χ2v) is 3.93. The second kappa shape index (κ2) is 5.07. The van der Waals surface area contributed by atoms with Crippen LogP contribution in [0.15, 0.2) is 19.0 Å². The van der Waals surface area contributed by atoms with E-state index in [0.717, 1.165) is 30.8 Å². The Morgan fingerprint density at radius 1 is 1.44 bits per heavy atom. The van der Waals surface area contributed by atoms with Crippen molar-refractivity contribution in [3.8, 4) is 0 Å². The quantitative estimate of drug-likeness (QED) is 0.749. The fourth-order valence-corrected chi connectivity index (χ4v) is 2.17. The van der Waals surface area contributed by atoms with Gasteiger partial charge in [-0.2, -0.15) is 0 Å². The minimum Gasteiger partial charge on any atom is -0.395 e. The molecule has 0 aromatic carbocycles. The van der Waals surface area contributed by atoms with Crippen molar-refractivity contribution in [3.63, 3.8) is 0 Å². The summed E-state index contributed by atoms with van der Waals surface area (Å²) in [4.78, 5) is 10.7. The molecule has 0 fully saturated rings. The third-order valence-corrected chi connectivity index (χ3v) is 2.87. The monoisotopic (exact) mass is 219 g/mol. The molecule has 0 saturated heterocycles. The summed E-state index contributed by atoms with van der Waals surface area (Å²) >= 11 is 0. The van der Waals surface area contributed by atoms with Crippen molar-refractivity contribution in [1.29, 1.82) is 0 Å². The number of rotatable bonds is 5. The van der Waals surface area contributed by atoms with Gasteiger partial charge in [-0.25, -0.2) is 9.97 Å². The summed E-state index contributed by atoms with van der Waals surface area (Å²) < 4.78 is 0. The first-order valence-electron chi connectivity index (χ1n) is 5.66. The van der Waals surface area contributed by atoms with Crippen LogP contribution in [0.25, 0.3) is 0 Å². The van der Waals surface area contributed by atoms with E-state index in [1.807, 2.05) is 6.08 Å². The van der Waals surface area contributed by atoms with Crippen molar-refractivity contribution >= 4 is 5.82 Å². The summed E-state index contributed by atoms with van der Waals surface area (Å²) in [6.45, 7) is 5.17. The van der Waals surface area contributed by atoms with Crippen LogP contribution < -0.4 is 4.90 Å². The minimum atomic E-state index is 0.132. The first kappa shape index (κ1) is 11.1. The molecule has 4 heteroatoms. The van der Waals surface area contributed by atoms with Crippen molar-refractivity contribution in [2.24, 2.45) is 0 Å². The standard InChI is InChI=1S/C12H17N3O/c1-2-6-15(7-8-16)12-10-4-3-5-11(10)13-9-14-12/h2,9,16H,1,3-8H2. The molecule has 1 N–H and O–H groups in total. The highest BCUT2D eigenvalue weighted by molar-refractivity contribution is 5.50. The smallest absolute Gasteiger partial charge is 0.135 e. The third-order valence-electron chi connectivity index (χ3n) is 2.87. The van der Waals surface area contributed by atoms with E-state index in [2.05, 4.69) is 21.4 Å². The Bertz CT molecular complexity index is 379. The largest absolute Gasteiger partial charge is 0.395 e. The molecule has 1 aliphatic rings. The van der Waals surface area contributed by atoms with Gasteiger partial charge in [0.05, 0.1) is 6.61 Å². The number of nitrogens with zero attached hydrogens (tertiary/aromatic N) is 3. The SMILES string of the molecule is C=CCN(CCO)c1ncnc2c1CCC2. The van der Waals surface area contributed by atoms with E-state index in [-0.39, 0.29) is 6.61 Å². The van der Waals surface area contributed by atoms with E-state index in [9.17, 15) is 0 Å². The average molecular weight is 219 g/mol. The molecule has 0 spiro atoms. The van der Waals surface area contributed by atoms with Gasteiger partial charge in [0.1, 0.15) is 12.1 Å². The average Bonchev–Trinajstić information content (AvgIpc) is 2.76. The summed E-state index contributed by atoms with van der Waals surface area (Å²) in [5.41, 5.74) is 2.41. The Morgan fingerprint density at radius 3 is 3.06 bits per heavy atom. The van der Waals surface area contributed by atoms with Crippen molar-refractivity contribution in [2.75, 3.05) is 24.6 Å². The predicted octanol–water partition coefficient (Wildman–Crippen LogP) is 0.950. The van der Waals surface area contributed by atoms with Crippen molar-refractivity contribution in [1.82, 2.24) is 9.97 Å². The molecular formula is C12H17N3O. The summed E-state index contributed by atoms with van der Waals surface area (Å²) in [6.07, 6.45) is 6.70. The van der Waals surface area contributed by atoms with Gasteiger partial charge in [0, 0.05) is 24.3 Å². The minimum absolute atomic E-state index is 0.132. The number of anilines is 1. The van der Waals surface area contributed by atoms with Gasteiger partial charge >= 0.3 is 0 Å². The van der Waals surface area contributed by atoms with Crippen LogP contribution in [0.2, 0.25) is 0 Å². The molecule has 1 aromatic rings. The van der Waals surface area contributed by atoms with Gasteiger partial charge in [-0.15, -0.1) is 6.58 Å². The van der Waals surface area contributed by atoms with Gasteiger partial charge in [0.2, 0.25) is 0 Å². The van der Waals surface area contributed by atoms with Crippen LogP contribution in [-0.4, -0.2) is 34.8 Å². The van der Waals surface area contributed by atoms with E-state index in [0.29, 0.717) is 13.1 Å². The topological polar surface area (TPSA) is 49.2 Å². The summed E-state index contributed by atoms with van der Waals surface area (Å²) in [6, 6.07) is 0. The molecule has 1 heterocycles. The molecule has 1 aliphatic carbocycles. The predicted molar refractivity (Wildman–Crippen MR) is 63.6 cm³/mol. The lowest BCUT2D eigenvalue weighted by Gasteiger charge is -2.23. The molecular weight excluding hydrogens is 202 g/mol. The summed E-state index contributed by atoms with van der Waals surface area (Å²) in [5, 5.41) is 9.05. The summed E-state index contributed by atoms with van der Waals surface area (Å²) in [7, 11) is 0. The van der Waals surface area contributed by atoms with Crippen LogP contribution in [0.4, 0.5) is 5.82 Å². The molecule has 0 amide bonds. The van der Waals surface area contributed by atoms with Crippen LogP contribution >= 0.6 is 0 Å². The number of fused-ring (bicyclic) bond motifs is 1. The second-order valence-electron chi connectivity index (χ2n) is 3.93. The van der Waals surface area contributed by atoms with E-state index >= 15 is 0 Å². The summed E-state index contributed by atoms with van der Waals surface area (Å²) in [5.74, 6) is 0.969. The molecule has 0 radical (unpaired) electrons. The molecule has 0 atom stereocenters. The number of aryl methyl sites for hydroxylation is 1. The maximum absolute atomic E-state index is 9.05. The van der Waals surface area contributed by atoms with Crippen LogP contribution in [0, 0.1) is 0 Å². The molecule has 86 valence electrons. The molecule has 4 nitrogen and oxygen atoms in total. The first-order chi connectivity index (χ1) is 7.86. The van der Waals surface area contributed by atoms with Crippen LogP contribution in [0.3, 0.4) is 0 Å². The molecule has 1 aromatic heterocycles. The maximum atomic E-state index is 9.05. The number of hydrogen-bond donors (Lipinski definition) is 1. The molecule has 16 heavy (non-hydrogen) atoms. The molecule has 0 aliphatic heterocycles. The fraction of sp³-hybridized carbons (Fsp3) is 0.500. The Kier molecular flexibility index (Phi) is 3.51. The lowest BCUT2D eigenvalue weighted by atomic mass is 10.2. The van der Waals surface area contributed by atoms with Crippen LogP contribution in [0.5, 0.6) is 0 Å². The van der Waals surface area contributed by atoms with Gasteiger partial charge in [-0.1, -0.05) is 6.08 Å². The number of aliphatic hydroxyl groups excluding tert-OH is 1.